The van der Waals surface area contributed by atoms with Gasteiger partial charge in [0.1, 0.15) is 0 Å². The molecule has 0 aliphatic rings. The van der Waals surface area contributed by atoms with Crippen molar-refractivity contribution in [3.63, 3.8) is 0 Å². The van der Waals surface area contributed by atoms with Gasteiger partial charge in [-0.05, 0) is 41.6 Å². The standard InChI is InChI=1S/C17H14F3N7O2/c1-27(9-28)12-5-6-14(13(8-12)15-23-25-26-24-15)22-16(29)21-11-4-2-3-10(7-11)17(18,19)20/h2-9H,1H3,(H2,21,22,29)(H,23,24,25,26). The maximum atomic E-state index is 12.8. The van der Waals surface area contributed by atoms with Gasteiger partial charge in [-0.1, -0.05) is 6.07 Å². The van der Waals surface area contributed by atoms with Crippen molar-refractivity contribution in [1.29, 1.82) is 0 Å². The van der Waals surface area contributed by atoms with Crippen LogP contribution in [-0.2, 0) is 11.0 Å². The molecule has 0 saturated carbocycles. The summed E-state index contributed by atoms with van der Waals surface area (Å²) in [7, 11) is 1.54. The number of alkyl halides is 3. The van der Waals surface area contributed by atoms with Crippen molar-refractivity contribution in [3.8, 4) is 11.4 Å². The topological polar surface area (TPSA) is 116 Å². The minimum Gasteiger partial charge on any atom is -0.318 e. The van der Waals surface area contributed by atoms with E-state index in [0.29, 0.717) is 17.7 Å². The third kappa shape index (κ3) is 4.66. The molecule has 2 aromatic carbocycles. The molecule has 0 spiro atoms. The van der Waals surface area contributed by atoms with Crippen LogP contribution >= 0.6 is 0 Å². The Morgan fingerprint density at radius 3 is 2.62 bits per heavy atom. The van der Waals surface area contributed by atoms with E-state index < -0.39 is 17.8 Å². The van der Waals surface area contributed by atoms with E-state index in [2.05, 4.69) is 31.3 Å². The molecule has 0 unspecified atom stereocenters. The number of hydrogen-bond acceptors (Lipinski definition) is 5. The third-order valence-electron chi connectivity index (χ3n) is 3.85. The number of tetrazole rings is 1. The summed E-state index contributed by atoms with van der Waals surface area (Å²) in [6.45, 7) is 0. The number of urea groups is 1. The van der Waals surface area contributed by atoms with E-state index in [4.69, 9.17) is 0 Å². The second-order valence-electron chi connectivity index (χ2n) is 5.84. The van der Waals surface area contributed by atoms with Gasteiger partial charge in [0.2, 0.25) is 12.2 Å². The number of aromatic nitrogens is 4. The number of carbonyl (C=O) groups excluding carboxylic acids is 2. The summed E-state index contributed by atoms with van der Waals surface area (Å²) in [5.41, 5.74) is 0.200. The molecule has 150 valence electrons. The smallest absolute Gasteiger partial charge is 0.318 e. The molecule has 12 heteroatoms. The zero-order valence-electron chi connectivity index (χ0n) is 14.9. The molecule has 3 N–H and O–H groups in total. The lowest BCUT2D eigenvalue weighted by Gasteiger charge is -2.15. The summed E-state index contributed by atoms with van der Waals surface area (Å²) >= 11 is 0. The maximum Gasteiger partial charge on any atom is 0.416 e. The number of anilines is 3. The van der Waals surface area contributed by atoms with Crippen LogP contribution in [0.25, 0.3) is 11.4 Å². The Kier molecular flexibility index (Phi) is 5.43. The van der Waals surface area contributed by atoms with Gasteiger partial charge < -0.3 is 15.5 Å². The number of amides is 3. The summed E-state index contributed by atoms with van der Waals surface area (Å²) in [5.74, 6) is 0.153. The first-order valence-corrected chi connectivity index (χ1v) is 8.09. The van der Waals surface area contributed by atoms with Crippen LogP contribution in [0.5, 0.6) is 0 Å². The van der Waals surface area contributed by atoms with E-state index in [9.17, 15) is 22.8 Å². The zero-order chi connectivity index (χ0) is 21.0. The van der Waals surface area contributed by atoms with E-state index in [1.54, 1.807) is 12.1 Å². The number of benzene rings is 2. The first kappa shape index (κ1) is 19.8. The van der Waals surface area contributed by atoms with Crippen LogP contribution in [0.2, 0.25) is 0 Å². The van der Waals surface area contributed by atoms with Gasteiger partial charge in [0.05, 0.1) is 11.3 Å². The quantitative estimate of drug-likeness (QED) is 0.564. The molecule has 1 heterocycles. The Morgan fingerprint density at radius 1 is 1.17 bits per heavy atom. The summed E-state index contributed by atoms with van der Waals surface area (Å²) in [6.07, 6.45) is -3.93. The molecule has 0 aliphatic heterocycles. The SMILES string of the molecule is CN(C=O)c1ccc(NC(=O)Nc2cccc(C(F)(F)F)c2)c(-c2nn[nH]n2)c1. The number of H-pyrrole nitrogens is 1. The van der Waals surface area contributed by atoms with Crippen LogP contribution in [0, 0.1) is 0 Å². The Balaban J connectivity index is 1.84. The molecule has 0 saturated heterocycles. The molecule has 0 atom stereocenters. The lowest BCUT2D eigenvalue weighted by atomic mass is 10.1. The minimum absolute atomic E-state index is 0.0317. The number of aromatic amines is 1. The Hall–Kier alpha value is -3.96. The van der Waals surface area contributed by atoms with Crippen LogP contribution in [-0.4, -0.2) is 40.1 Å². The van der Waals surface area contributed by atoms with Gasteiger partial charge in [-0.15, -0.1) is 10.2 Å². The highest BCUT2D eigenvalue weighted by atomic mass is 19.4. The third-order valence-corrected chi connectivity index (χ3v) is 3.85. The minimum atomic E-state index is -4.53. The summed E-state index contributed by atoms with van der Waals surface area (Å²) in [5, 5.41) is 18.3. The van der Waals surface area contributed by atoms with Gasteiger partial charge in [-0.3, -0.25) is 4.79 Å². The molecule has 0 radical (unpaired) electrons. The van der Waals surface area contributed by atoms with Gasteiger partial charge >= 0.3 is 12.2 Å². The Morgan fingerprint density at radius 2 is 1.97 bits per heavy atom. The molecular weight excluding hydrogens is 391 g/mol. The van der Waals surface area contributed by atoms with Gasteiger partial charge in [-0.2, -0.15) is 18.4 Å². The second kappa shape index (κ2) is 7.96. The van der Waals surface area contributed by atoms with Crippen LogP contribution in [0.4, 0.5) is 35.0 Å². The zero-order valence-corrected chi connectivity index (χ0v) is 14.9. The molecular formula is C17H14F3N7O2. The number of nitrogens with zero attached hydrogens (tertiary/aromatic N) is 4. The van der Waals surface area contributed by atoms with Crippen molar-refractivity contribution in [3.05, 3.63) is 48.0 Å². The van der Waals surface area contributed by atoms with Gasteiger partial charge in [-0.25, -0.2) is 4.79 Å². The number of nitrogens with one attached hydrogen (secondary N) is 3. The summed E-state index contributed by atoms with van der Waals surface area (Å²) < 4.78 is 38.4. The van der Waals surface area contributed by atoms with Gasteiger partial charge in [0.15, 0.2) is 0 Å². The van der Waals surface area contributed by atoms with Crippen molar-refractivity contribution in [2.45, 2.75) is 6.18 Å². The van der Waals surface area contributed by atoms with E-state index in [1.807, 2.05) is 0 Å². The molecule has 29 heavy (non-hydrogen) atoms. The van der Waals surface area contributed by atoms with E-state index in [-0.39, 0.29) is 17.2 Å². The first-order valence-electron chi connectivity index (χ1n) is 8.09. The van der Waals surface area contributed by atoms with Crippen LogP contribution in [0.3, 0.4) is 0 Å². The highest BCUT2D eigenvalue weighted by Crippen LogP contribution is 2.31. The lowest BCUT2D eigenvalue weighted by molar-refractivity contribution is -0.137. The fourth-order valence-corrected chi connectivity index (χ4v) is 2.44. The molecule has 3 rings (SSSR count). The summed E-state index contributed by atoms with van der Waals surface area (Å²) in [4.78, 5) is 24.6. The second-order valence-corrected chi connectivity index (χ2v) is 5.84. The normalized spacial score (nSPS) is 11.0. The largest absolute Gasteiger partial charge is 0.416 e. The Labute approximate surface area is 161 Å². The predicted molar refractivity (Wildman–Crippen MR) is 98.2 cm³/mol. The van der Waals surface area contributed by atoms with Crippen molar-refractivity contribution < 1.29 is 22.8 Å². The van der Waals surface area contributed by atoms with Crippen LogP contribution in [0.15, 0.2) is 42.5 Å². The Bertz CT molecular complexity index is 1020. The van der Waals surface area contributed by atoms with Crippen molar-refractivity contribution in [2.24, 2.45) is 0 Å². The van der Waals surface area contributed by atoms with E-state index in [0.717, 1.165) is 12.1 Å². The lowest BCUT2D eigenvalue weighted by Crippen LogP contribution is -2.21. The number of carbonyl (C=O) groups is 2. The molecule has 0 aliphatic carbocycles. The first-order chi connectivity index (χ1) is 13.8. The fourth-order valence-electron chi connectivity index (χ4n) is 2.44. The van der Waals surface area contributed by atoms with Gasteiger partial charge in [0, 0.05) is 24.0 Å². The van der Waals surface area contributed by atoms with E-state index >= 15 is 0 Å². The van der Waals surface area contributed by atoms with Crippen molar-refractivity contribution >= 4 is 29.5 Å². The molecule has 0 bridgehead atoms. The molecule has 0 fully saturated rings. The molecule has 3 aromatic rings. The monoisotopic (exact) mass is 405 g/mol. The van der Waals surface area contributed by atoms with Gasteiger partial charge in [0.25, 0.3) is 0 Å². The molecule has 1 aromatic heterocycles. The average Bonchev–Trinajstić information content (AvgIpc) is 3.21. The number of halogens is 3. The molecule has 9 nitrogen and oxygen atoms in total. The van der Waals surface area contributed by atoms with Crippen molar-refractivity contribution in [2.75, 3.05) is 22.6 Å². The fraction of sp³-hybridized carbons (Fsp3) is 0.118. The molecule has 3 amide bonds. The number of rotatable bonds is 5. The van der Waals surface area contributed by atoms with Crippen LogP contribution < -0.4 is 15.5 Å². The van der Waals surface area contributed by atoms with E-state index in [1.165, 1.54) is 30.1 Å². The van der Waals surface area contributed by atoms with Crippen molar-refractivity contribution in [1.82, 2.24) is 20.6 Å². The highest BCUT2D eigenvalue weighted by Gasteiger charge is 2.30. The van der Waals surface area contributed by atoms with Crippen LogP contribution in [0.1, 0.15) is 5.56 Å². The average molecular weight is 405 g/mol. The maximum absolute atomic E-state index is 12.8. The highest BCUT2D eigenvalue weighted by molar-refractivity contribution is 6.02. The number of hydrogen-bond donors (Lipinski definition) is 3. The predicted octanol–water partition coefficient (Wildman–Crippen LogP) is 3.12. The summed E-state index contributed by atoms with van der Waals surface area (Å²) in [6, 6.07) is 8.10.